The fraction of sp³-hybridized carbons (Fsp3) is 0.667. The Kier molecular flexibility index (Phi) is 11.8. The van der Waals surface area contributed by atoms with E-state index in [9.17, 15) is 14.8 Å². The maximum atomic E-state index is 11.0. The van der Waals surface area contributed by atoms with Crippen molar-refractivity contribution in [1.29, 1.82) is 0 Å². The molecule has 0 saturated heterocycles. The summed E-state index contributed by atoms with van der Waals surface area (Å²) in [7, 11) is 0. The highest BCUT2D eigenvalue weighted by Crippen LogP contribution is 2.20. The third-order valence-electron chi connectivity index (χ3n) is 5.70. The van der Waals surface area contributed by atoms with Gasteiger partial charge in [0.05, 0.1) is 37.3 Å². The van der Waals surface area contributed by atoms with Crippen LogP contribution in [0.5, 0.6) is 0 Å². The molecule has 0 bridgehead atoms. The number of benzene rings is 1. The number of quaternary nitrogens is 1. The van der Waals surface area contributed by atoms with Crippen molar-refractivity contribution in [3.8, 4) is 0 Å². The minimum absolute atomic E-state index is 0.120. The largest absolute Gasteiger partial charge is 0.324 e. The molecule has 2 amide bonds. The third kappa shape index (κ3) is 7.56. The molecular formula is C24H40N2O3+. The van der Waals surface area contributed by atoms with Crippen LogP contribution in [0.1, 0.15) is 99.8 Å². The number of carbonyl (C=O) groups is 2. The lowest BCUT2D eigenvalue weighted by atomic mass is 10.1. The summed E-state index contributed by atoms with van der Waals surface area (Å²) in [6, 6.07) is 6.16. The number of nitrogens with zero attached hydrogens (tertiary/aromatic N) is 2. The zero-order valence-corrected chi connectivity index (χ0v) is 18.9. The normalized spacial score (nSPS) is 13.3. The van der Waals surface area contributed by atoms with Crippen LogP contribution >= 0.6 is 0 Å². The number of carbonyl (C=O) groups excluding carboxylic acids is 2. The molecule has 0 aliphatic carbocycles. The first-order chi connectivity index (χ1) is 14.0. The standard InChI is InChI=1S/C16H36N.C8H4NO3/c1-5-9-13-17(14-10-6-2,15-11-7-3)16-12-8-4;10-7-5-3-1-2-4-6(5)8(11)9(7)12/h5-16H2,1-4H3;1-4H/q+1;. The van der Waals surface area contributed by atoms with E-state index in [1.807, 2.05) is 0 Å². The number of amides is 2. The molecule has 0 unspecified atom stereocenters. The Bertz CT molecular complexity index is 558. The van der Waals surface area contributed by atoms with Crippen LogP contribution in [0.15, 0.2) is 24.3 Å². The smallest absolute Gasteiger partial charge is 0.288 e. The van der Waals surface area contributed by atoms with Crippen molar-refractivity contribution < 1.29 is 19.3 Å². The fourth-order valence-electron chi connectivity index (χ4n) is 3.81. The summed E-state index contributed by atoms with van der Waals surface area (Å²) in [6.07, 6.45) is 11.1. The number of rotatable bonds is 12. The van der Waals surface area contributed by atoms with E-state index in [0.29, 0.717) is 0 Å². The van der Waals surface area contributed by atoms with Crippen LogP contribution in [0.3, 0.4) is 0 Å². The van der Waals surface area contributed by atoms with Gasteiger partial charge in [0.2, 0.25) is 0 Å². The Balaban J connectivity index is 0.000000304. The zero-order valence-electron chi connectivity index (χ0n) is 18.9. The Labute approximate surface area is 177 Å². The van der Waals surface area contributed by atoms with Crippen molar-refractivity contribution >= 4 is 11.8 Å². The van der Waals surface area contributed by atoms with E-state index in [4.69, 9.17) is 0 Å². The number of unbranched alkanes of at least 4 members (excludes halogenated alkanes) is 4. The average Bonchev–Trinajstić information content (AvgIpc) is 2.97. The summed E-state index contributed by atoms with van der Waals surface area (Å²) in [5.41, 5.74) is 0.384. The monoisotopic (exact) mass is 404 g/mol. The van der Waals surface area contributed by atoms with Gasteiger partial charge in [-0.25, -0.2) is 0 Å². The number of hydrogen-bond donors (Lipinski definition) is 0. The van der Waals surface area contributed by atoms with Crippen LogP contribution in [0.2, 0.25) is 0 Å². The molecule has 29 heavy (non-hydrogen) atoms. The van der Waals surface area contributed by atoms with Gasteiger partial charge in [0.1, 0.15) is 0 Å². The Morgan fingerprint density at radius 2 is 0.966 bits per heavy atom. The summed E-state index contributed by atoms with van der Waals surface area (Å²) in [5, 5.41) is 10.7. The van der Waals surface area contributed by atoms with Crippen LogP contribution in [0, 0.1) is 0 Å². The molecule has 1 aliphatic rings. The maximum absolute atomic E-state index is 11.0. The lowest BCUT2D eigenvalue weighted by molar-refractivity contribution is -0.929. The van der Waals surface area contributed by atoms with E-state index in [2.05, 4.69) is 27.7 Å². The topological polar surface area (TPSA) is 57.3 Å². The second-order valence-electron chi connectivity index (χ2n) is 8.10. The SMILES string of the molecule is CCCC[N+](CCCC)(CCCC)CCCC.[O]N1C(=O)c2ccccc2C1=O. The van der Waals surface area contributed by atoms with Crippen molar-refractivity contribution in [2.24, 2.45) is 0 Å². The molecule has 0 atom stereocenters. The van der Waals surface area contributed by atoms with E-state index in [1.54, 1.807) is 12.1 Å². The number of imide groups is 1. The van der Waals surface area contributed by atoms with Gasteiger partial charge in [0.25, 0.3) is 11.8 Å². The maximum Gasteiger partial charge on any atom is 0.288 e. The van der Waals surface area contributed by atoms with Gasteiger partial charge in [-0.1, -0.05) is 70.7 Å². The van der Waals surface area contributed by atoms with Crippen molar-refractivity contribution in [1.82, 2.24) is 5.06 Å². The predicted molar refractivity (Wildman–Crippen MR) is 117 cm³/mol. The van der Waals surface area contributed by atoms with E-state index in [1.165, 1.54) is 94.2 Å². The molecule has 0 fully saturated rings. The fourth-order valence-corrected chi connectivity index (χ4v) is 3.81. The summed E-state index contributed by atoms with van der Waals surface area (Å²) in [4.78, 5) is 22.0. The van der Waals surface area contributed by atoms with Crippen LogP contribution in [-0.2, 0) is 5.21 Å². The van der Waals surface area contributed by atoms with Gasteiger partial charge in [0.15, 0.2) is 0 Å². The lowest BCUT2D eigenvalue weighted by Gasteiger charge is -2.39. The molecule has 5 heteroatoms. The highest BCUT2D eigenvalue weighted by Gasteiger charge is 2.35. The summed E-state index contributed by atoms with van der Waals surface area (Å²) < 4.78 is 1.42. The molecule has 1 heterocycles. The average molecular weight is 405 g/mol. The second kappa shape index (κ2) is 13.5. The molecule has 2 rings (SSSR count). The van der Waals surface area contributed by atoms with E-state index >= 15 is 0 Å². The van der Waals surface area contributed by atoms with Crippen LogP contribution in [0.4, 0.5) is 0 Å². The number of hydroxylamine groups is 2. The lowest BCUT2D eigenvalue weighted by Crippen LogP contribution is -2.50. The molecular weight excluding hydrogens is 364 g/mol. The van der Waals surface area contributed by atoms with E-state index < -0.39 is 11.8 Å². The summed E-state index contributed by atoms with van der Waals surface area (Å²) in [5.74, 6) is -1.54. The van der Waals surface area contributed by atoms with Crippen LogP contribution < -0.4 is 0 Å². The van der Waals surface area contributed by atoms with Crippen molar-refractivity contribution in [3.05, 3.63) is 35.4 Å². The molecule has 0 N–H and O–H groups in total. The molecule has 1 aromatic rings. The van der Waals surface area contributed by atoms with Gasteiger partial charge in [0, 0.05) is 0 Å². The van der Waals surface area contributed by atoms with Crippen LogP contribution in [0.25, 0.3) is 0 Å². The first kappa shape index (κ1) is 25.3. The van der Waals surface area contributed by atoms with Crippen molar-refractivity contribution in [3.63, 3.8) is 0 Å². The summed E-state index contributed by atoms with van der Waals surface area (Å²) >= 11 is 0. The first-order valence-corrected chi connectivity index (χ1v) is 11.5. The molecule has 5 nitrogen and oxygen atoms in total. The third-order valence-corrected chi connectivity index (χ3v) is 5.70. The minimum atomic E-state index is -0.768. The molecule has 0 spiro atoms. The second-order valence-corrected chi connectivity index (χ2v) is 8.10. The van der Waals surface area contributed by atoms with E-state index in [-0.39, 0.29) is 16.2 Å². The van der Waals surface area contributed by atoms with Gasteiger partial charge < -0.3 is 4.48 Å². The minimum Gasteiger partial charge on any atom is -0.324 e. The van der Waals surface area contributed by atoms with Gasteiger partial charge in [-0.05, 0) is 37.8 Å². The first-order valence-electron chi connectivity index (χ1n) is 11.5. The van der Waals surface area contributed by atoms with Gasteiger partial charge >= 0.3 is 0 Å². The van der Waals surface area contributed by atoms with Crippen molar-refractivity contribution in [2.45, 2.75) is 79.1 Å². The zero-order chi connectivity index (χ0) is 21.7. The van der Waals surface area contributed by atoms with Crippen LogP contribution in [-0.4, -0.2) is 47.5 Å². The quantitative estimate of drug-likeness (QED) is 0.335. The highest BCUT2D eigenvalue weighted by molar-refractivity contribution is 6.20. The molecule has 0 aromatic heterocycles. The van der Waals surface area contributed by atoms with Gasteiger partial charge in [-0.2, -0.15) is 0 Å². The van der Waals surface area contributed by atoms with Gasteiger partial charge in [-0.15, -0.1) is 5.06 Å². The molecule has 0 saturated carbocycles. The molecule has 163 valence electrons. The Hall–Kier alpha value is -1.72. The summed E-state index contributed by atoms with van der Waals surface area (Å²) in [6.45, 7) is 15.0. The highest BCUT2D eigenvalue weighted by atomic mass is 16.5. The number of hydrogen-bond acceptors (Lipinski definition) is 2. The Morgan fingerprint density at radius 1 is 0.655 bits per heavy atom. The van der Waals surface area contributed by atoms with E-state index in [0.717, 1.165) is 0 Å². The van der Waals surface area contributed by atoms with Crippen molar-refractivity contribution in [2.75, 3.05) is 26.2 Å². The molecule has 1 aliphatic heterocycles. The molecule has 1 aromatic carbocycles. The molecule has 1 radical (unpaired) electrons. The number of fused-ring (bicyclic) bond motifs is 1. The Morgan fingerprint density at radius 3 is 1.24 bits per heavy atom. The van der Waals surface area contributed by atoms with Gasteiger partial charge in [-0.3, -0.25) is 9.59 Å². The predicted octanol–water partition coefficient (Wildman–Crippen LogP) is 5.63.